The first kappa shape index (κ1) is 15.0. The summed E-state index contributed by atoms with van der Waals surface area (Å²) in [5.74, 6) is -0.102. The molecule has 1 N–H and O–H groups in total. The van der Waals surface area contributed by atoms with Crippen molar-refractivity contribution in [3.63, 3.8) is 0 Å². The van der Waals surface area contributed by atoms with Gasteiger partial charge in [0.2, 0.25) is 5.91 Å². The maximum absolute atomic E-state index is 11.4. The second kappa shape index (κ2) is 6.75. The van der Waals surface area contributed by atoms with Crippen LogP contribution in [0.15, 0.2) is 24.3 Å². The van der Waals surface area contributed by atoms with Crippen molar-refractivity contribution in [2.75, 3.05) is 12.0 Å². The molecule has 0 saturated carbocycles. The summed E-state index contributed by atoms with van der Waals surface area (Å²) in [6.07, 6.45) is 1.74. The topological polar surface area (TPSA) is 63.2 Å². The van der Waals surface area contributed by atoms with Crippen molar-refractivity contribution in [3.05, 3.63) is 34.9 Å². The fourth-order valence-electron chi connectivity index (χ4n) is 1.39. The minimum absolute atomic E-state index is 0.0430. The van der Waals surface area contributed by atoms with Crippen LogP contribution in [0.1, 0.15) is 18.4 Å². The molecule has 1 rings (SSSR count). The minimum Gasteiger partial charge on any atom is -0.352 e. The molecular weight excluding hydrogens is 274 g/mol. The van der Waals surface area contributed by atoms with Crippen LogP contribution in [0.5, 0.6) is 0 Å². The van der Waals surface area contributed by atoms with Crippen LogP contribution in [0.4, 0.5) is 0 Å². The van der Waals surface area contributed by atoms with Gasteiger partial charge in [-0.15, -0.1) is 0 Å². The SMILES string of the molecule is CS(=O)(=O)CCCC(=O)NCc1ccc(Cl)cc1. The first-order valence-electron chi connectivity index (χ1n) is 5.56. The van der Waals surface area contributed by atoms with Gasteiger partial charge >= 0.3 is 0 Å². The van der Waals surface area contributed by atoms with Crippen LogP contribution in [0.25, 0.3) is 0 Å². The van der Waals surface area contributed by atoms with E-state index in [1.165, 1.54) is 6.26 Å². The van der Waals surface area contributed by atoms with E-state index in [0.717, 1.165) is 5.56 Å². The van der Waals surface area contributed by atoms with Gasteiger partial charge in [0.1, 0.15) is 9.84 Å². The average molecular weight is 290 g/mol. The first-order valence-corrected chi connectivity index (χ1v) is 7.99. The molecule has 4 nitrogen and oxygen atoms in total. The third-order valence-corrected chi connectivity index (χ3v) is 3.60. The Morgan fingerprint density at radius 2 is 1.89 bits per heavy atom. The van der Waals surface area contributed by atoms with E-state index in [0.29, 0.717) is 18.0 Å². The van der Waals surface area contributed by atoms with Gasteiger partial charge in [0, 0.05) is 24.2 Å². The second-order valence-electron chi connectivity index (χ2n) is 4.14. The number of hydrogen-bond donors (Lipinski definition) is 1. The van der Waals surface area contributed by atoms with Crippen LogP contribution in [0, 0.1) is 0 Å². The fraction of sp³-hybridized carbons (Fsp3) is 0.417. The molecule has 1 aromatic carbocycles. The molecule has 0 bridgehead atoms. The smallest absolute Gasteiger partial charge is 0.220 e. The molecule has 0 unspecified atom stereocenters. The summed E-state index contributed by atoms with van der Waals surface area (Å²) in [5.41, 5.74) is 0.955. The molecule has 0 aliphatic rings. The van der Waals surface area contributed by atoms with E-state index in [9.17, 15) is 13.2 Å². The second-order valence-corrected chi connectivity index (χ2v) is 6.83. The minimum atomic E-state index is -2.99. The molecule has 0 aliphatic heterocycles. The molecule has 6 heteroatoms. The zero-order valence-electron chi connectivity index (χ0n) is 10.1. The predicted molar refractivity (Wildman–Crippen MR) is 72.2 cm³/mol. The van der Waals surface area contributed by atoms with Crippen molar-refractivity contribution in [2.45, 2.75) is 19.4 Å². The van der Waals surface area contributed by atoms with E-state index in [-0.39, 0.29) is 18.1 Å². The summed E-state index contributed by atoms with van der Waals surface area (Å²) >= 11 is 5.74. The maximum Gasteiger partial charge on any atom is 0.220 e. The van der Waals surface area contributed by atoms with Gasteiger partial charge in [0.15, 0.2) is 0 Å². The molecule has 100 valence electrons. The molecule has 0 radical (unpaired) electrons. The van der Waals surface area contributed by atoms with Crippen molar-refractivity contribution in [3.8, 4) is 0 Å². The lowest BCUT2D eigenvalue weighted by atomic mass is 10.2. The lowest BCUT2D eigenvalue weighted by Gasteiger charge is -2.05. The highest BCUT2D eigenvalue weighted by Crippen LogP contribution is 2.09. The Bertz CT molecular complexity index is 497. The van der Waals surface area contributed by atoms with Crippen LogP contribution in [0.3, 0.4) is 0 Å². The number of hydrogen-bond acceptors (Lipinski definition) is 3. The number of amides is 1. The number of benzene rings is 1. The molecule has 0 atom stereocenters. The fourth-order valence-corrected chi connectivity index (χ4v) is 2.18. The Kier molecular flexibility index (Phi) is 5.62. The molecule has 1 amide bonds. The van der Waals surface area contributed by atoms with Gasteiger partial charge in [-0.25, -0.2) is 8.42 Å². The highest BCUT2D eigenvalue weighted by Gasteiger charge is 2.05. The van der Waals surface area contributed by atoms with Gasteiger partial charge in [-0.05, 0) is 24.1 Å². The highest BCUT2D eigenvalue weighted by molar-refractivity contribution is 7.90. The number of carbonyl (C=O) groups is 1. The quantitative estimate of drug-likeness (QED) is 0.868. The summed E-state index contributed by atoms with van der Waals surface area (Å²) in [7, 11) is -2.99. The van der Waals surface area contributed by atoms with Crippen LogP contribution < -0.4 is 5.32 Å². The number of halogens is 1. The number of sulfone groups is 1. The summed E-state index contributed by atoms with van der Waals surface area (Å²) in [6, 6.07) is 7.18. The molecular formula is C12H16ClNO3S. The van der Waals surface area contributed by atoms with Gasteiger partial charge in [0.05, 0.1) is 5.75 Å². The number of nitrogens with one attached hydrogen (secondary N) is 1. The first-order chi connectivity index (χ1) is 8.37. The van der Waals surface area contributed by atoms with E-state index in [4.69, 9.17) is 11.6 Å². The molecule has 0 saturated heterocycles. The van der Waals surface area contributed by atoms with E-state index in [1.807, 2.05) is 12.1 Å². The summed E-state index contributed by atoms with van der Waals surface area (Å²) in [5, 5.41) is 3.38. The van der Waals surface area contributed by atoms with Gasteiger partial charge in [0.25, 0.3) is 0 Å². The van der Waals surface area contributed by atoms with Gasteiger partial charge in [-0.3, -0.25) is 4.79 Å². The zero-order valence-corrected chi connectivity index (χ0v) is 11.7. The third-order valence-electron chi connectivity index (χ3n) is 2.32. The number of carbonyl (C=O) groups excluding carboxylic acids is 1. The van der Waals surface area contributed by atoms with E-state index < -0.39 is 9.84 Å². The molecule has 1 aromatic rings. The van der Waals surface area contributed by atoms with E-state index in [1.54, 1.807) is 12.1 Å². The summed E-state index contributed by atoms with van der Waals surface area (Å²) < 4.78 is 21.8. The lowest BCUT2D eigenvalue weighted by molar-refractivity contribution is -0.121. The monoisotopic (exact) mass is 289 g/mol. The highest BCUT2D eigenvalue weighted by atomic mass is 35.5. The van der Waals surface area contributed by atoms with Crippen LogP contribution in [-0.4, -0.2) is 26.3 Å². The summed E-state index contributed by atoms with van der Waals surface area (Å²) in [4.78, 5) is 11.4. The van der Waals surface area contributed by atoms with Crippen molar-refractivity contribution < 1.29 is 13.2 Å². The lowest BCUT2D eigenvalue weighted by Crippen LogP contribution is -2.23. The Labute approximate surface area is 112 Å². The molecule has 0 aromatic heterocycles. The van der Waals surface area contributed by atoms with Crippen molar-refractivity contribution in [1.82, 2.24) is 5.32 Å². The molecule has 0 heterocycles. The van der Waals surface area contributed by atoms with Gasteiger partial charge in [-0.2, -0.15) is 0 Å². The molecule has 18 heavy (non-hydrogen) atoms. The van der Waals surface area contributed by atoms with Crippen molar-refractivity contribution >= 4 is 27.3 Å². The maximum atomic E-state index is 11.4. The van der Waals surface area contributed by atoms with Gasteiger partial charge in [-0.1, -0.05) is 23.7 Å². The van der Waals surface area contributed by atoms with Gasteiger partial charge < -0.3 is 5.32 Å². The molecule has 0 fully saturated rings. The third kappa shape index (κ3) is 6.61. The Balaban J connectivity index is 2.27. The zero-order chi connectivity index (χ0) is 13.6. The summed E-state index contributed by atoms with van der Waals surface area (Å²) in [6.45, 7) is 0.425. The van der Waals surface area contributed by atoms with Crippen molar-refractivity contribution in [1.29, 1.82) is 0 Å². The number of rotatable bonds is 6. The van der Waals surface area contributed by atoms with Crippen LogP contribution in [0.2, 0.25) is 5.02 Å². The standard InChI is InChI=1S/C12H16ClNO3S/c1-18(16,17)8-2-3-12(15)14-9-10-4-6-11(13)7-5-10/h4-7H,2-3,8-9H2,1H3,(H,14,15). The Hall–Kier alpha value is -1.07. The predicted octanol–water partition coefficient (Wildman–Crippen LogP) is 1.78. The Morgan fingerprint density at radius 1 is 1.28 bits per heavy atom. The molecule has 0 aliphatic carbocycles. The molecule has 0 spiro atoms. The van der Waals surface area contributed by atoms with Crippen molar-refractivity contribution in [2.24, 2.45) is 0 Å². The van der Waals surface area contributed by atoms with E-state index in [2.05, 4.69) is 5.32 Å². The average Bonchev–Trinajstić information content (AvgIpc) is 2.26. The van der Waals surface area contributed by atoms with E-state index >= 15 is 0 Å². The van der Waals surface area contributed by atoms with Crippen LogP contribution in [-0.2, 0) is 21.2 Å². The van der Waals surface area contributed by atoms with Crippen LogP contribution >= 0.6 is 11.6 Å². The normalized spacial score (nSPS) is 11.2. The largest absolute Gasteiger partial charge is 0.352 e. The Morgan fingerprint density at radius 3 is 2.44 bits per heavy atom.